The molecule has 20 heavy (non-hydrogen) atoms. The van der Waals surface area contributed by atoms with Crippen LogP contribution in [0.1, 0.15) is 0 Å². The van der Waals surface area contributed by atoms with Crippen LogP contribution in [0, 0.1) is 3.57 Å². The molecule has 0 aliphatic rings. The van der Waals surface area contributed by atoms with Crippen molar-refractivity contribution in [2.45, 2.75) is 0 Å². The maximum Gasteiger partial charge on any atom is 0.205 e. The predicted octanol–water partition coefficient (Wildman–Crippen LogP) is 3.87. The quantitative estimate of drug-likeness (QED) is 0.666. The van der Waals surface area contributed by atoms with Crippen LogP contribution in [-0.2, 0) is 0 Å². The van der Waals surface area contributed by atoms with Gasteiger partial charge in [-0.1, -0.05) is 11.6 Å². The van der Waals surface area contributed by atoms with Crippen molar-refractivity contribution in [1.29, 1.82) is 0 Å². The zero-order valence-corrected chi connectivity index (χ0v) is 13.5. The van der Waals surface area contributed by atoms with E-state index in [4.69, 9.17) is 22.1 Å². The molecule has 0 fully saturated rings. The van der Waals surface area contributed by atoms with Crippen LogP contribution in [0.25, 0.3) is 16.7 Å². The van der Waals surface area contributed by atoms with Gasteiger partial charge in [-0.25, -0.2) is 4.98 Å². The Morgan fingerprint density at radius 3 is 2.80 bits per heavy atom. The number of anilines is 1. The molecule has 0 aliphatic carbocycles. The van der Waals surface area contributed by atoms with E-state index in [1.807, 2.05) is 34.9 Å². The van der Waals surface area contributed by atoms with Crippen LogP contribution in [0.3, 0.4) is 0 Å². The summed E-state index contributed by atoms with van der Waals surface area (Å²) in [6.45, 7) is 0. The van der Waals surface area contributed by atoms with E-state index in [1.165, 1.54) is 0 Å². The molecule has 3 rings (SSSR count). The number of nitrogen functional groups attached to an aromatic ring is 1. The molecule has 0 saturated heterocycles. The zero-order chi connectivity index (χ0) is 14.3. The summed E-state index contributed by atoms with van der Waals surface area (Å²) in [7, 11) is 1.62. The summed E-state index contributed by atoms with van der Waals surface area (Å²) in [5.41, 5.74) is 8.56. The Balaban J connectivity index is 2.31. The lowest BCUT2D eigenvalue weighted by Gasteiger charge is -2.10. The van der Waals surface area contributed by atoms with Gasteiger partial charge in [0.25, 0.3) is 0 Å². The average molecular weight is 400 g/mol. The molecule has 0 aliphatic heterocycles. The van der Waals surface area contributed by atoms with Crippen LogP contribution in [0.4, 0.5) is 5.95 Å². The third-order valence-electron chi connectivity index (χ3n) is 3.04. The van der Waals surface area contributed by atoms with Crippen molar-refractivity contribution >= 4 is 51.2 Å². The highest BCUT2D eigenvalue weighted by atomic mass is 127. The molecule has 102 valence electrons. The second-order valence-corrected chi connectivity index (χ2v) is 5.91. The lowest BCUT2D eigenvalue weighted by atomic mass is 10.2. The predicted molar refractivity (Wildman–Crippen MR) is 89.8 cm³/mol. The molecule has 6 heteroatoms. The van der Waals surface area contributed by atoms with Crippen molar-refractivity contribution in [2.24, 2.45) is 0 Å². The first kappa shape index (κ1) is 13.5. The number of nitrogens with zero attached hydrogens (tertiary/aromatic N) is 2. The molecule has 0 radical (unpaired) electrons. The largest absolute Gasteiger partial charge is 0.497 e. The van der Waals surface area contributed by atoms with Crippen LogP contribution >= 0.6 is 34.2 Å². The molecule has 0 spiro atoms. The minimum atomic E-state index is 0.400. The smallest absolute Gasteiger partial charge is 0.205 e. The minimum Gasteiger partial charge on any atom is -0.497 e. The van der Waals surface area contributed by atoms with E-state index in [-0.39, 0.29) is 0 Å². The minimum absolute atomic E-state index is 0.400. The Kier molecular flexibility index (Phi) is 3.47. The molecule has 3 aromatic rings. The standard InChI is InChI=1S/C14H11ClIN3O/c1-20-9-3-4-10(15)13(7-9)19-12-5-2-8(16)6-11(12)18-14(19)17/h2-7H,1H3,(H2,17,18). The Labute approximate surface area is 134 Å². The summed E-state index contributed by atoms with van der Waals surface area (Å²) in [5, 5.41) is 0.593. The molecular formula is C14H11ClIN3O. The van der Waals surface area contributed by atoms with Gasteiger partial charge < -0.3 is 10.5 Å². The second kappa shape index (κ2) is 5.14. The fraction of sp³-hybridized carbons (Fsp3) is 0.0714. The van der Waals surface area contributed by atoms with Gasteiger partial charge in [-0.15, -0.1) is 0 Å². The van der Waals surface area contributed by atoms with Crippen LogP contribution in [-0.4, -0.2) is 16.7 Å². The van der Waals surface area contributed by atoms with Crippen molar-refractivity contribution in [1.82, 2.24) is 9.55 Å². The number of fused-ring (bicyclic) bond motifs is 1. The lowest BCUT2D eigenvalue weighted by Crippen LogP contribution is -2.01. The molecule has 1 heterocycles. The van der Waals surface area contributed by atoms with Gasteiger partial charge in [0, 0.05) is 9.64 Å². The molecule has 0 amide bonds. The third kappa shape index (κ3) is 2.20. The number of benzene rings is 2. The number of rotatable bonds is 2. The van der Waals surface area contributed by atoms with E-state index >= 15 is 0 Å². The van der Waals surface area contributed by atoms with Gasteiger partial charge in [0.15, 0.2) is 0 Å². The van der Waals surface area contributed by atoms with Crippen LogP contribution < -0.4 is 10.5 Å². The van der Waals surface area contributed by atoms with Gasteiger partial charge in [-0.3, -0.25) is 4.57 Å². The molecule has 0 bridgehead atoms. The molecule has 0 unspecified atom stereocenters. The molecule has 4 nitrogen and oxygen atoms in total. The highest BCUT2D eigenvalue weighted by molar-refractivity contribution is 14.1. The van der Waals surface area contributed by atoms with Crippen molar-refractivity contribution in [3.8, 4) is 11.4 Å². The van der Waals surface area contributed by atoms with Crippen molar-refractivity contribution < 1.29 is 4.74 Å². The summed E-state index contributed by atoms with van der Waals surface area (Å²) in [6.07, 6.45) is 0. The van der Waals surface area contributed by atoms with Gasteiger partial charge in [-0.2, -0.15) is 0 Å². The summed E-state index contributed by atoms with van der Waals surface area (Å²) < 4.78 is 8.18. The molecule has 2 aromatic carbocycles. The van der Waals surface area contributed by atoms with E-state index in [0.717, 1.165) is 26.0 Å². The van der Waals surface area contributed by atoms with E-state index < -0.39 is 0 Å². The highest BCUT2D eigenvalue weighted by Gasteiger charge is 2.13. The number of imidazole rings is 1. The normalized spacial score (nSPS) is 10.9. The maximum absolute atomic E-state index is 6.29. The Morgan fingerprint density at radius 2 is 2.05 bits per heavy atom. The summed E-state index contributed by atoms with van der Waals surface area (Å²) in [4.78, 5) is 4.38. The summed E-state index contributed by atoms with van der Waals surface area (Å²) in [5.74, 6) is 1.12. The van der Waals surface area contributed by atoms with Gasteiger partial charge in [-0.05, 0) is 52.9 Å². The zero-order valence-electron chi connectivity index (χ0n) is 10.6. The SMILES string of the molecule is COc1ccc(Cl)c(-n2c(N)nc3cc(I)ccc32)c1. The van der Waals surface area contributed by atoms with Gasteiger partial charge in [0.1, 0.15) is 5.75 Å². The molecule has 0 saturated carbocycles. The van der Waals surface area contributed by atoms with Crippen LogP contribution in [0.2, 0.25) is 5.02 Å². The topological polar surface area (TPSA) is 53.1 Å². The number of halogens is 2. The molecule has 0 atom stereocenters. The maximum atomic E-state index is 6.29. The number of hydrogen-bond acceptors (Lipinski definition) is 3. The fourth-order valence-corrected chi connectivity index (χ4v) is 2.79. The first-order valence-electron chi connectivity index (χ1n) is 5.87. The van der Waals surface area contributed by atoms with E-state index in [2.05, 4.69) is 27.6 Å². The first-order valence-corrected chi connectivity index (χ1v) is 7.33. The first-order chi connectivity index (χ1) is 9.60. The number of ether oxygens (including phenoxy) is 1. The van der Waals surface area contributed by atoms with Gasteiger partial charge in [0.05, 0.1) is 28.9 Å². The Hall–Kier alpha value is -1.47. The molecule has 2 N–H and O–H groups in total. The number of methoxy groups -OCH3 is 1. The van der Waals surface area contributed by atoms with Gasteiger partial charge in [0.2, 0.25) is 5.95 Å². The van der Waals surface area contributed by atoms with Gasteiger partial charge >= 0.3 is 0 Å². The highest BCUT2D eigenvalue weighted by Crippen LogP contribution is 2.31. The van der Waals surface area contributed by atoms with Crippen LogP contribution in [0.5, 0.6) is 5.75 Å². The summed E-state index contributed by atoms with van der Waals surface area (Å²) >= 11 is 8.53. The summed E-state index contributed by atoms with van der Waals surface area (Å²) in [6, 6.07) is 11.4. The monoisotopic (exact) mass is 399 g/mol. The van der Waals surface area contributed by atoms with Crippen LogP contribution in [0.15, 0.2) is 36.4 Å². The van der Waals surface area contributed by atoms with E-state index in [1.54, 1.807) is 13.2 Å². The van der Waals surface area contributed by atoms with Crippen molar-refractivity contribution in [2.75, 3.05) is 12.8 Å². The Bertz CT molecular complexity index is 800. The Morgan fingerprint density at radius 1 is 1.25 bits per heavy atom. The van der Waals surface area contributed by atoms with Crippen molar-refractivity contribution in [3.05, 3.63) is 45.0 Å². The van der Waals surface area contributed by atoms with E-state index in [0.29, 0.717) is 11.0 Å². The second-order valence-electron chi connectivity index (χ2n) is 4.26. The number of nitrogens with two attached hydrogens (primary N) is 1. The fourth-order valence-electron chi connectivity index (χ4n) is 2.12. The molecular weight excluding hydrogens is 389 g/mol. The third-order valence-corrected chi connectivity index (χ3v) is 4.03. The van der Waals surface area contributed by atoms with E-state index in [9.17, 15) is 0 Å². The molecule has 1 aromatic heterocycles. The number of aromatic nitrogens is 2. The average Bonchev–Trinajstić information content (AvgIpc) is 2.74. The van der Waals surface area contributed by atoms with Crippen molar-refractivity contribution in [3.63, 3.8) is 0 Å². The lowest BCUT2D eigenvalue weighted by molar-refractivity contribution is 0.414. The number of hydrogen-bond donors (Lipinski definition) is 1.